The number of benzene rings is 2. The number of hydrogen-bond acceptors (Lipinski definition) is 6. The minimum Gasteiger partial charge on any atom is -0.344 e. The van der Waals surface area contributed by atoms with Crippen molar-refractivity contribution in [3.8, 4) is 0 Å². The van der Waals surface area contributed by atoms with Gasteiger partial charge in [-0.05, 0) is 68.5 Å². The van der Waals surface area contributed by atoms with Gasteiger partial charge in [0.25, 0.3) is 5.91 Å². The lowest BCUT2D eigenvalue weighted by Crippen LogP contribution is -2.31. The Bertz CT molecular complexity index is 1500. The predicted molar refractivity (Wildman–Crippen MR) is 156 cm³/mol. The van der Waals surface area contributed by atoms with Crippen LogP contribution in [0.3, 0.4) is 0 Å². The molecule has 39 heavy (non-hydrogen) atoms. The van der Waals surface area contributed by atoms with E-state index in [-0.39, 0.29) is 11.9 Å². The van der Waals surface area contributed by atoms with E-state index in [4.69, 9.17) is 0 Å². The van der Waals surface area contributed by atoms with Crippen LogP contribution in [0.15, 0.2) is 73.1 Å². The number of carbonyl (C=O) groups is 2. The normalized spacial score (nSPS) is 15.6. The topological polar surface area (TPSA) is 85.7 Å². The lowest BCUT2D eigenvalue weighted by atomic mass is 10.1. The molecule has 5 rings (SSSR count). The quantitative estimate of drug-likeness (QED) is 0.373. The number of pyridine rings is 1. The molecule has 0 aliphatic carbocycles. The van der Waals surface area contributed by atoms with Crippen molar-refractivity contribution in [2.24, 2.45) is 0 Å². The zero-order valence-electron chi connectivity index (χ0n) is 22.9. The lowest BCUT2D eigenvalue weighted by Gasteiger charge is -2.21. The van der Waals surface area contributed by atoms with Gasteiger partial charge < -0.3 is 20.4 Å². The van der Waals surface area contributed by atoms with Crippen molar-refractivity contribution >= 4 is 40.0 Å². The van der Waals surface area contributed by atoms with E-state index in [1.54, 1.807) is 24.0 Å². The summed E-state index contributed by atoms with van der Waals surface area (Å²) in [6, 6.07) is 19.8. The fourth-order valence-corrected chi connectivity index (χ4v) is 5.12. The average Bonchev–Trinajstić information content (AvgIpc) is 3.59. The molecule has 1 aliphatic heterocycles. The second-order valence-electron chi connectivity index (χ2n) is 10.2. The second kappa shape index (κ2) is 11.3. The Labute approximate surface area is 229 Å². The van der Waals surface area contributed by atoms with Crippen molar-refractivity contribution in [3.63, 3.8) is 0 Å². The van der Waals surface area contributed by atoms with Crippen LogP contribution in [-0.4, -0.2) is 78.6 Å². The van der Waals surface area contributed by atoms with Crippen LogP contribution in [-0.2, 0) is 6.54 Å². The minimum atomic E-state index is -0.186. The van der Waals surface area contributed by atoms with Gasteiger partial charge in [0.15, 0.2) is 0 Å². The monoisotopic (exact) mass is 525 g/mol. The van der Waals surface area contributed by atoms with E-state index < -0.39 is 0 Å². The second-order valence-corrected chi connectivity index (χ2v) is 10.2. The summed E-state index contributed by atoms with van der Waals surface area (Å²) < 4.78 is 1.58. The van der Waals surface area contributed by atoms with Crippen molar-refractivity contribution in [1.29, 1.82) is 0 Å². The van der Waals surface area contributed by atoms with Crippen molar-refractivity contribution in [2.75, 3.05) is 51.5 Å². The summed E-state index contributed by atoms with van der Waals surface area (Å²) in [6.07, 6.45) is 4.61. The van der Waals surface area contributed by atoms with E-state index in [0.717, 1.165) is 47.5 Å². The number of likely N-dealkylation sites (tertiary alicyclic amines) is 1. The number of rotatable bonds is 7. The summed E-state index contributed by atoms with van der Waals surface area (Å²) in [5.74, 6) is 0.295. The molecule has 2 aromatic heterocycles. The van der Waals surface area contributed by atoms with Crippen LogP contribution in [0, 0.1) is 0 Å². The number of fused-ring (bicyclic) bond motifs is 1. The van der Waals surface area contributed by atoms with Gasteiger partial charge in [-0.3, -0.25) is 14.3 Å². The molecule has 202 valence electrons. The molecule has 1 aliphatic rings. The first kappa shape index (κ1) is 26.4. The largest absolute Gasteiger partial charge is 0.344 e. The van der Waals surface area contributed by atoms with Gasteiger partial charge in [0.05, 0.1) is 5.52 Å². The highest BCUT2D eigenvalue weighted by Gasteiger charge is 2.24. The van der Waals surface area contributed by atoms with E-state index in [0.29, 0.717) is 17.4 Å². The molecule has 9 nitrogen and oxygen atoms in total. The fourth-order valence-electron chi connectivity index (χ4n) is 5.12. The van der Waals surface area contributed by atoms with E-state index in [9.17, 15) is 9.59 Å². The van der Waals surface area contributed by atoms with Crippen LogP contribution in [0.4, 0.5) is 22.0 Å². The number of anilines is 3. The highest BCUT2D eigenvalue weighted by atomic mass is 16.2. The number of nitrogens with zero attached hydrogens (tertiary/aromatic N) is 5. The molecule has 1 atom stereocenters. The first-order valence-corrected chi connectivity index (χ1v) is 13.1. The van der Waals surface area contributed by atoms with Crippen molar-refractivity contribution < 1.29 is 9.59 Å². The van der Waals surface area contributed by atoms with E-state index in [1.165, 1.54) is 6.42 Å². The number of carbonyl (C=O) groups excluding carboxylic acids is 2. The van der Waals surface area contributed by atoms with Crippen LogP contribution in [0.25, 0.3) is 10.9 Å². The Morgan fingerprint density at radius 1 is 1.03 bits per heavy atom. The average molecular weight is 526 g/mol. The molecule has 3 heterocycles. The minimum absolute atomic E-state index is 0.180. The van der Waals surface area contributed by atoms with E-state index >= 15 is 0 Å². The van der Waals surface area contributed by atoms with Gasteiger partial charge in [-0.1, -0.05) is 12.1 Å². The third-order valence-electron chi connectivity index (χ3n) is 7.44. The molecule has 1 fully saturated rings. The molecule has 1 saturated heterocycles. The molecule has 0 spiro atoms. The number of hydrogen-bond donors (Lipinski definition) is 2. The molecule has 0 saturated carbocycles. The number of nitrogens with one attached hydrogen (secondary N) is 2. The summed E-state index contributed by atoms with van der Waals surface area (Å²) >= 11 is 0. The number of aromatic nitrogens is 2. The predicted octanol–water partition coefficient (Wildman–Crippen LogP) is 4.38. The standard InChI is InChI=1S/C30H35N7O2/c1-31-30(39)37-15-11-22-17-24(8-9-27(22)37)35(4)25-10-13-32-28(18-25)33-29(38)23-7-5-6-21(16-23)19-36-14-12-26(20-36)34(2)3/h5-11,13,15-18,26H,12,14,19-20H2,1-4H3,(H,31,39)(H,32,33,38)/t26-/m0/s1. The molecule has 4 aromatic rings. The Balaban J connectivity index is 1.27. The maximum atomic E-state index is 13.1. The summed E-state index contributed by atoms with van der Waals surface area (Å²) in [6.45, 7) is 2.94. The maximum Gasteiger partial charge on any atom is 0.325 e. The molecule has 2 amide bonds. The van der Waals surface area contributed by atoms with Crippen molar-refractivity contribution in [1.82, 2.24) is 24.7 Å². The molecule has 0 radical (unpaired) electrons. The Morgan fingerprint density at radius 2 is 1.85 bits per heavy atom. The molecule has 0 bridgehead atoms. The Kier molecular flexibility index (Phi) is 7.63. The third kappa shape index (κ3) is 5.79. The molecule has 2 N–H and O–H groups in total. The van der Waals surface area contributed by atoms with Gasteiger partial charge in [-0.15, -0.1) is 0 Å². The van der Waals surface area contributed by atoms with E-state index in [2.05, 4.69) is 45.6 Å². The van der Waals surface area contributed by atoms with Crippen molar-refractivity contribution in [2.45, 2.75) is 19.0 Å². The first-order valence-electron chi connectivity index (χ1n) is 13.1. The zero-order chi connectivity index (χ0) is 27.5. The van der Waals surface area contributed by atoms with Gasteiger partial charge in [0.2, 0.25) is 0 Å². The maximum absolute atomic E-state index is 13.1. The summed E-state index contributed by atoms with van der Waals surface area (Å²) in [5, 5.41) is 6.56. The van der Waals surface area contributed by atoms with Crippen molar-refractivity contribution in [3.05, 3.63) is 84.2 Å². The van der Waals surface area contributed by atoms with Gasteiger partial charge in [-0.25, -0.2) is 9.78 Å². The van der Waals surface area contributed by atoms with Crippen LogP contribution in [0.5, 0.6) is 0 Å². The van der Waals surface area contributed by atoms with Gasteiger partial charge in [0, 0.05) is 80.6 Å². The van der Waals surface area contributed by atoms with Gasteiger partial charge in [0.1, 0.15) is 5.82 Å². The number of amides is 2. The highest BCUT2D eigenvalue weighted by molar-refractivity contribution is 6.04. The zero-order valence-corrected chi connectivity index (χ0v) is 22.9. The van der Waals surface area contributed by atoms with Gasteiger partial charge >= 0.3 is 6.03 Å². The van der Waals surface area contributed by atoms with Gasteiger partial charge in [-0.2, -0.15) is 0 Å². The van der Waals surface area contributed by atoms with Crippen LogP contribution in [0.2, 0.25) is 0 Å². The van der Waals surface area contributed by atoms with Crippen LogP contribution < -0.4 is 15.5 Å². The molecule has 9 heteroatoms. The third-order valence-corrected chi connectivity index (χ3v) is 7.44. The Hall–Kier alpha value is -4.21. The summed E-state index contributed by atoms with van der Waals surface area (Å²) in [7, 11) is 7.83. The lowest BCUT2D eigenvalue weighted by molar-refractivity contribution is 0.102. The number of likely N-dealkylation sites (N-methyl/N-ethyl adjacent to an activating group) is 1. The fraction of sp³-hybridized carbons (Fsp3) is 0.300. The first-order chi connectivity index (χ1) is 18.8. The summed E-state index contributed by atoms with van der Waals surface area (Å²) in [4.78, 5) is 36.3. The van der Waals surface area contributed by atoms with E-state index in [1.807, 2.05) is 66.5 Å². The molecule has 0 unspecified atom stereocenters. The Morgan fingerprint density at radius 3 is 2.62 bits per heavy atom. The molecular weight excluding hydrogens is 490 g/mol. The SMILES string of the molecule is CNC(=O)n1ccc2cc(N(C)c3ccnc(NC(=O)c4cccc(CN5CC[C@H](N(C)C)C5)c4)c3)ccc21. The van der Waals surface area contributed by atoms with Crippen LogP contribution in [0.1, 0.15) is 22.3 Å². The van der Waals surface area contributed by atoms with Crippen LogP contribution >= 0.6 is 0 Å². The smallest absolute Gasteiger partial charge is 0.325 e. The molecular formula is C30H35N7O2. The highest BCUT2D eigenvalue weighted by Crippen LogP contribution is 2.29. The summed E-state index contributed by atoms with van der Waals surface area (Å²) in [5.41, 5.74) is 4.40. The molecule has 2 aromatic carbocycles.